The molecule has 0 amide bonds. The van der Waals surface area contributed by atoms with Gasteiger partial charge in [-0.2, -0.15) is 10.1 Å². The molecule has 0 aliphatic rings. The van der Waals surface area contributed by atoms with Crippen molar-refractivity contribution in [2.45, 2.75) is 46.2 Å². The lowest BCUT2D eigenvalue weighted by Crippen LogP contribution is -2.27. The van der Waals surface area contributed by atoms with E-state index in [2.05, 4.69) is 42.6 Å². The molecule has 5 rings (SSSR count). The number of hydrogen-bond acceptors (Lipinski definition) is 7. The van der Waals surface area contributed by atoms with Gasteiger partial charge in [0.05, 0.1) is 12.6 Å². The van der Waals surface area contributed by atoms with Gasteiger partial charge >= 0.3 is 5.69 Å². The van der Waals surface area contributed by atoms with Gasteiger partial charge < -0.3 is 0 Å². The Labute approximate surface area is 201 Å². The molecule has 0 fully saturated rings. The highest BCUT2D eigenvalue weighted by atomic mass is 16.2. The van der Waals surface area contributed by atoms with Crippen LogP contribution in [-0.4, -0.2) is 49.5 Å². The number of nitrogens with zero attached hydrogens (tertiary/aromatic N) is 9. The summed E-state index contributed by atoms with van der Waals surface area (Å²) in [6.07, 6.45) is 8.57. The molecular formula is C24H26N10O. The summed E-state index contributed by atoms with van der Waals surface area (Å²) in [6, 6.07) is 9.92. The first-order valence-corrected chi connectivity index (χ1v) is 11.6. The summed E-state index contributed by atoms with van der Waals surface area (Å²) in [6.45, 7) is 6.48. The van der Waals surface area contributed by atoms with Crippen LogP contribution in [0.4, 0.5) is 0 Å². The van der Waals surface area contributed by atoms with E-state index in [9.17, 15) is 4.79 Å². The Morgan fingerprint density at radius 2 is 1.91 bits per heavy atom. The van der Waals surface area contributed by atoms with Gasteiger partial charge in [-0.3, -0.25) is 9.55 Å². The number of hydrogen-bond donors (Lipinski definition) is 1. The molecule has 0 radical (unpaired) electrons. The summed E-state index contributed by atoms with van der Waals surface area (Å²) in [5.41, 5.74) is 4.46. The van der Waals surface area contributed by atoms with E-state index in [4.69, 9.17) is 0 Å². The van der Waals surface area contributed by atoms with E-state index >= 15 is 0 Å². The summed E-state index contributed by atoms with van der Waals surface area (Å²) < 4.78 is 5.13. The normalized spacial score (nSPS) is 11.4. The summed E-state index contributed by atoms with van der Waals surface area (Å²) in [7, 11) is 0. The molecule has 0 atom stereocenters. The van der Waals surface area contributed by atoms with Crippen molar-refractivity contribution < 1.29 is 0 Å². The van der Waals surface area contributed by atoms with E-state index in [1.807, 2.05) is 50.4 Å². The van der Waals surface area contributed by atoms with Crippen LogP contribution in [0.25, 0.3) is 28.5 Å². The standard InChI is InChI=1S/C24H26N10O/c1-4-7-18-14-33(23-26-15-27-34(23)16(2)3)24(35)32(18)13-17-12-25-11-10-19(17)20-8-5-6-9-21(20)22-28-30-31-29-22/h5-6,8-12,14-16H,4,7,13H2,1-3H3,(H,28,29,30,31). The van der Waals surface area contributed by atoms with Gasteiger partial charge in [-0.15, -0.1) is 5.10 Å². The highest BCUT2D eigenvalue weighted by Crippen LogP contribution is 2.32. The van der Waals surface area contributed by atoms with Crippen molar-refractivity contribution in [1.29, 1.82) is 0 Å². The van der Waals surface area contributed by atoms with Crippen molar-refractivity contribution in [3.05, 3.63) is 77.0 Å². The predicted octanol–water partition coefficient (Wildman–Crippen LogP) is 3.05. The van der Waals surface area contributed by atoms with Gasteiger partial charge in [0.25, 0.3) is 0 Å². The molecule has 35 heavy (non-hydrogen) atoms. The van der Waals surface area contributed by atoms with Crippen molar-refractivity contribution in [2.75, 3.05) is 0 Å². The predicted molar refractivity (Wildman–Crippen MR) is 130 cm³/mol. The van der Waals surface area contributed by atoms with Gasteiger partial charge in [0.1, 0.15) is 6.33 Å². The smallest absolute Gasteiger partial charge is 0.291 e. The van der Waals surface area contributed by atoms with Gasteiger partial charge in [-0.1, -0.05) is 37.6 Å². The molecule has 1 aromatic carbocycles. The first kappa shape index (κ1) is 22.4. The molecule has 178 valence electrons. The zero-order chi connectivity index (χ0) is 24.4. The van der Waals surface area contributed by atoms with Crippen molar-refractivity contribution >= 4 is 0 Å². The third-order valence-corrected chi connectivity index (χ3v) is 5.88. The van der Waals surface area contributed by atoms with Gasteiger partial charge in [-0.05, 0) is 53.5 Å². The molecule has 0 spiro atoms. The molecule has 0 unspecified atom stereocenters. The van der Waals surface area contributed by atoms with E-state index in [1.54, 1.807) is 26.2 Å². The molecule has 0 bridgehead atoms. The molecule has 0 saturated carbocycles. The highest BCUT2D eigenvalue weighted by Gasteiger charge is 2.20. The molecule has 1 N–H and O–H groups in total. The topological polar surface area (TPSA) is 125 Å². The highest BCUT2D eigenvalue weighted by molar-refractivity contribution is 5.81. The SMILES string of the molecule is CCCc1cn(-c2ncnn2C(C)C)c(=O)n1Cc1cnccc1-c1ccccc1-c1nnn[nH]1. The van der Waals surface area contributed by atoms with Crippen LogP contribution in [0.2, 0.25) is 0 Å². The number of H-pyrrole nitrogens is 1. The van der Waals surface area contributed by atoms with Crippen LogP contribution in [0.5, 0.6) is 0 Å². The maximum absolute atomic E-state index is 13.6. The third kappa shape index (κ3) is 4.16. The third-order valence-electron chi connectivity index (χ3n) is 5.88. The minimum absolute atomic E-state index is 0.0735. The van der Waals surface area contributed by atoms with Gasteiger partial charge in [0.15, 0.2) is 5.82 Å². The van der Waals surface area contributed by atoms with E-state index in [0.717, 1.165) is 40.8 Å². The second-order valence-electron chi connectivity index (χ2n) is 8.54. The lowest BCUT2D eigenvalue weighted by atomic mass is 9.96. The van der Waals surface area contributed by atoms with Crippen molar-refractivity contribution in [1.82, 2.24) is 49.5 Å². The van der Waals surface area contributed by atoms with Gasteiger partial charge in [-0.25, -0.2) is 19.1 Å². The molecule has 4 heterocycles. The average molecular weight is 471 g/mol. The quantitative estimate of drug-likeness (QED) is 0.369. The lowest BCUT2D eigenvalue weighted by Gasteiger charge is -2.14. The van der Waals surface area contributed by atoms with Crippen LogP contribution in [0.1, 0.15) is 44.5 Å². The Hall–Kier alpha value is -4.41. The number of nitrogens with one attached hydrogen (secondary N) is 1. The van der Waals surface area contributed by atoms with Gasteiger partial charge in [0, 0.05) is 29.8 Å². The Balaban J connectivity index is 1.61. The van der Waals surface area contributed by atoms with Crippen LogP contribution < -0.4 is 5.69 Å². The second-order valence-corrected chi connectivity index (χ2v) is 8.54. The molecule has 0 aliphatic heterocycles. The average Bonchev–Trinajstić information content (AvgIpc) is 3.62. The van der Waals surface area contributed by atoms with Crippen LogP contribution in [-0.2, 0) is 13.0 Å². The fraction of sp³-hybridized carbons (Fsp3) is 0.292. The molecule has 11 heteroatoms. The summed E-state index contributed by atoms with van der Waals surface area (Å²) in [5, 5.41) is 18.7. The van der Waals surface area contributed by atoms with Crippen molar-refractivity contribution in [2.24, 2.45) is 0 Å². The van der Waals surface area contributed by atoms with Gasteiger partial charge in [0.2, 0.25) is 5.95 Å². The largest absolute Gasteiger partial charge is 0.335 e. The number of aryl methyl sites for hydroxylation is 1. The Bertz CT molecular complexity index is 1490. The number of rotatable bonds is 8. The zero-order valence-corrected chi connectivity index (χ0v) is 19.8. The zero-order valence-electron chi connectivity index (χ0n) is 19.8. The number of aromatic amines is 1. The summed E-state index contributed by atoms with van der Waals surface area (Å²) in [4.78, 5) is 22.4. The molecule has 0 saturated heterocycles. The number of pyridine rings is 1. The summed E-state index contributed by atoms with van der Waals surface area (Å²) in [5.74, 6) is 1.09. The molecule has 0 aliphatic carbocycles. The molecule has 5 aromatic rings. The monoisotopic (exact) mass is 470 g/mol. The number of tetrazole rings is 1. The Kier molecular flexibility index (Phi) is 6.04. The fourth-order valence-corrected chi connectivity index (χ4v) is 4.26. The summed E-state index contributed by atoms with van der Waals surface area (Å²) >= 11 is 0. The molecule has 4 aromatic heterocycles. The van der Waals surface area contributed by atoms with Crippen LogP contribution in [0, 0.1) is 0 Å². The maximum atomic E-state index is 13.6. The minimum atomic E-state index is -0.161. The molecule has 11 nitrogen and oxygen atoms in total. The molecular weight excluding hydrogens is 444 g/mol. The number of benzene rings is 1. The van der Waals surface area contributed by atoms with E-state index in [-0.39, 0.29) is 11.7 Å². The minimum Gasteiger partial charge on any atom is -0.291 e. The number of aromatic nitrogens is 10. The van der Waals surface area contributed by atoms with Crippen LogP contribution >= 0.6 is 0 Å². The van der Waals surface area contributed by atoms with Crippen LogP contribution in [0.15, 0.2) is 60.0 Å². The maximum Gasteiger partial charge on any atom is 0.335 e. The lowest BCUT2D eigenvalue weighted by molar-refractivity contribution is 0.515. The van der Waals surface area contributed by atoms with Crippen LogP contribution in [0.3, 0.4) is 0 Å². The second kappa shape index (κ2) is 9.45. The Morgan fingerprint density at radius 3 is 2.66 bits per heavy atom. The fourth-order valence-electron chi connectivity index (χ4n) is 4.26. The first-order chi connectivity index (χ1) is 17.1. The number of imidazole rings is 1. The Morgan fingerprint density at radius 1 is 1.09 bits per heavy atom. The van der Waals surface area contributed by atoms with E-state index in [1.165, 1.54) is 6.33 Å². The van der Waals surface area contributed by atoms with Crippen molar-refractivity contribution in [3.8, 4) is 28.5 Å². The van der Waals surface area contributed by atoms with Crippen molar-refractivity contribution in [3.63, 3.8) is 0 Å². The first-order valence-electron chi connectivity index (χ1n) is 11.6. The van der Waals surface area contributed by atoms with E-state index in [0.29, 0.717) is 18.3 Å². The van der Waals surface area contributed by atoms with E-state index < -0.39 is 0 Å².